The number of hydrogen-bond donors (Lipinski definition) is 0. The van der Waals surface area contributed by atoms with E-state index in [9.17, 15) is 0 Å². The Bertz CT molecular complexity index is 666. The van der Waals surface area contributed by atoms with Gasteiger partial charge in [0.15, 0.2) is 5.58 Å². The molecular weight excluding hydrogens is 266 g/mol. The largest absolute Gasteiger partial charge is 0.431 e. The molecule has 0 aliphatic carbocycles. The van der Waals surface area contributed by atoms with Crippen molar-refractivity contribution in [3.05, 3.63) is 59.1 Å². The standard InChI is InChI=1S/C14H10ClNOS/c15-11-6-7-13-12(8-11)16-14(17-13)18-9-10-4-2-1-3-5-10/h1-8H,9H2. The van der Waals surface area contributed by atoms with E-state index in [1.807, 2.05) is 30.3 Å². The van der Waals surface area contributed by atoms with Gasteiger partial charge in [-0.15, -0.1) is 0 Å². The van der Waals surface area contributed by atoms with Gasteiger partial charge < -0.3 is 4.42 Å². The molecule has 0 amide bonds. The molecule has 4 heteroatoms. The van der Waals surface area contributed by atoms with Crippen LogP contribution < -0.4 is 0 Å². The number of rotatable bonds is 3. The molecule has 0 fully saturated rings. The Morgan fingerprint density at radius 2 is 1.94 bits per heavy atom. The normalized spacial score (nSPS) is 10.9. The molecule has 3 rings (SSSR count). The quantitative estimate of drug-likeness (QED) is 0.644. The van der Waals surface area contributed by atoms with Crippen molar-refractivity contribution in [1.82, 2.24) is 4.98 Å². The van der Waals surface area contributed by atoms with Gasteiger partial charge in [-0.2, -0.15) is 0 Å². The Labute approximate surface area is 114 Å². The summed E-state index contributed by atoms with van der Waals surface area (Å²) in [7, 11) is 0. The Kier molecular flexibility index (Phi) is 3.26. The summed E-state index contributed by atoms with van der Waals surface area (Å²) in [5, 5.41) is 1.35. The average Bonchev–Trinajstić information content (AvgIpc) is 2.79. The van der Waals surface area contributed by atoms with E-state index in [4.69, 9.17) is 16.0 Å². The van der Waals surface area contributed by atoms with E-state index < -0.39 is 0 Å². The van der Waals surface area contributed by atoms with Gasteiger partial charge in [-0.1, -0.05) is 53.7 Å². The van der Waals surface area contributed by atoms with E-state index >= 15 is 0 Å². The molecule has 90 valence electrons. The summed E-state index contributed by atoms with van der Waals surface area (Å²) in [4.78, 5) is 4.40. The molecule has 0 saturated carbocycles. The summed E-state index contributed by atoms with van der Waals surface area (Å²) in [6.45, 7) is 0. The molecule has 2 nitrogen and oxygen atoms in total. The Morgan fingerprint density at radius 3 is 2.78 bits per heavy atom. The van der Waals surface area contributed by atoms with Gasteiger partial charge in [0.1, 0.15) is 5.52 Å². The van der Waals surface area contributed by atoms with Crippen LogP contribution in [0.5, 0.6) is 0 Å². The first-order chi connectivity index (χ1) is 8.81. The maximum Gasteiger partial charge on any atom is 0.257 e. The molecule has 0 bridgehead atoms. The highest BCUT2D eigenvalue weighted by Gasteiger charge is 2.06. The Hall–Kier alpha value is -1.45. The van der Waals surface area contributed by atoms with Gasteiger partial charge in [0.25, 0.3) is 5.22 Å². The number of nitrogens with zero attached hydrogens (tertiary/aromatic N) is 1. The molecule has 18 heavy (non-hydrogen) atoms. The number of benzene rings is 2. The minimum Gasteiger partial charge on any atom is -0.431 e. The molecule has 0 unspecified atom stereocenters. The molecule has 0 aliphatic heterocycles. The first-order valence-corrected chi connectivity index (χ1v) is 6.90. The minimum absolute atomic E-state index is 0.676. The first-order valence-electron chi connectivity index (χ1n) is 5.54. The number of oxazole rings is 1. The van der Waals surface area contributed by atoms with E-state index in [1.165, 1.54) is 5.56 Å². The van der Waals surface area contributed by atoms with Crippen molar-refractivity contribution in [1.29, 1.82) is 0 Å². The van der Waals surface area contributed by atoms with Crippen LogP contribution in [0.4, 0.5) is 0 Å². The Morgan fingerprint density at radius 1 is 1.11 bits per heavy atom. The molecule has 1 aromatic heterocycles. The van der Waals surface area contributed by atoms with Crippen molar-refractivity contribution in [2.24, 2.45) is 0 Å². The predicted octanol–water partition coefficient (Wildman–Crippen LogP) is 4.77. The van der Waals surface area contributed by atoms with Crippen LogP contribution >= 0.6 is 23.4 Å². The zero-order chi connectivity index (χ0) is 12.4. The maximum atomic E-state index is 5.91. The number of thioether (sulfide) groups is 1. The molecular formula is C14H10ClNOS. The summed E-state index contributed by atoms with van der Waals surface area (Å²) in [5.74, 6) is 0.849. The second-order valence-electron chi connectivity index (χ2n) is 3.87. The van der Waals surface area contributed by atoms with Crippen molar-refractivity contribution < 1.29 is 4.42 Å². The van der Waals surface area contributed by atoms with Crippen LogP contribution in [-0.4, -0.2) is 4.98 Å². The summed E-state index contributed by atoms with van der Waals surface area (Å²) in [6.07, 6.45) is 0. The number of aromatic nitrogens is 1. The fourth-order valence-electron chi connectivity index (χ4n) is 1.66. The molecule has 0 atom stereocenters. The van der Waals surface area contributed by atoms with Crippen molar-refractivity contribution in [3.8, 4) is 0 Å². The lowest BCUT2D eigenvalue weighted by molar-refractivity contribution is 0.489. The third-order valence-electron chi connectivity index (χ3n) is 2.54. The van der Waals surface area contributed by atoms with E-state index in [2.05, 4.69) is 17.1 Å². The fourth-order valence-corrected chi connectivity index (χ4v) is 2.62. The first kappa shape index (κ1) is 11.6. The van der Waals surface area contributed by atoms with Crippen LogP contribution in [-0.2, 0) is 5.75 Å². The summed E-state index contributed by atoms with van der Waals surface area (Å²) >= 11 is 7.50. The van der Waals surface area contributed by atoms with Gasteiger partial charge >= 0.3 is 0 Å². The van der Waals surface area contributed by atoms with Crippen molar-refractivity contribution in [2.75, 3.05) is 0 Å². The molecule has 0 spiro atoms. The minimum atomic E-state index is 0.676. The SMILES string of the molecule is Clc1ccc2oc(SCc3ccccc3)nc2c1. The maximum absolute atomic E-state index is 5.91. The lowest BCUT2D eigenvalue weighted by Crippen LogP contribution is -1.78. The number of fused-ring (bicyclic) bond motifs is 1. The van der Waals surface area contributed by atoms with Crippen LogP contribution in [0.3, 0.4) is 0 Å². The zero-order valence-corrected chi connectivity index (χ0v) is 11.0. The predicted molar refractivity (Wildman–Crippen MR) is 75.0 cm³/mol. The smallest absolute Gasteiger partial charge is 0.257 e. The molecule has 0 saturated heterocycles. The van der Waals surface area contributed by atoms with Gasteiger partial charge in [0.05, 0.1) is 0 Å². The molecule has 1 heterocycles. The monoisotopic (exact) mass is 275 g/mol. The van der Waals surface area contributed by atoms with Crippen molar-refractivity contribution in [2.45, 2.75) is 11.0 Å². The summed E-state index contributed by atoms with van der Waals surface area (Å²) in [6, 6.07) is 15.7. The number of halogens is 1. The second kappa shape index (κ2) is 5.04. The third kappa shape index (κ3) is 2.52. The Balaban J connectivity index is 1.79. The van der Waals surface area contributed by atoms with Crippen LogP contribution in [0.2, 0.25) is 5.02 Å². The lowest BCUT2D eigenvalue weighted by atomic mass is 10.2. The van der Waals surface area contributed by atoms with Crippen LogP contribution in [0.25, 0.3) is 11.1 Å². The van der Waals surface area contributed by atoms with E-state index in [0.29, 0.717) is 10.2 Å². The zero-order valence-electron chi connectivity index (χ0n) is 9.47. The molecule has 3 aromatic rings. The van der Waals surface area contributed by atoms with Gasteiger partial charge in [-0.05, 0) is 23.8 Å². The highest BCUT2D eigenvalue weighted by atomic mass is 35.5. The van der Waals surface area contributed by atoms with Gasteiger partial charge in [-0.25, -0.2) is 4.98 Å². The van der Waals surface area contributed by atoms with Gasteiger partial charge in [0.2, 0.25) is 0 Å². The van der Waals surface area contributed by atoms with E-state index in [-0.39, 0.29) is 0 Å². The highest BCUT2D eigenvalue weighted by Crippen LogP contribution is 2.27. The topological polar surface area (TPSA) is 26.0 Å². The lowest BCUT2D eigenvalue weighted by Gasteiger charge is -1.96. The average molecular weight is 276 g/mol. The molecule has 0 radical (unpaired) electrons. The van der Waals surface area contributed by atoms with Crippen LogP contribution in [0.15, 0.2) is 58.2 Å². The van der Waals surface area contributed by atoms with Gasteiger partial charge in [0, 0.05) is 10.8 Å². The summed E-state index contributed by atoms with van der Waals surface area (Å²) < 4.78 is 5.64. The molecule has 2 aromatic carbocycles. The summed E-state index contributed by atoms with van der Waals surface area (Å²) in [5.41, 5.74) is 2.83. The van der Waals surface area contributed by atoms with Gasteiger partial charge in [-0.3, -0.25) is 0 Å². The highest BCUT2D eigenvalue weighted by molar-refractivity contribution is 7.98. The van der Waals surface area contributed by atoms with Crippen molar-refractivity contribution >= 4 is 34.5 Å². The van der Waals surface area contributed by atoms with E-state index in [0.717, 1.165) is 16.9 Å². The fraction of sp³-hybridized carbons (Fsp3) is 0.0714. The molecule has 0 N–H and O–H groups in total. The molecule has 0 aliphatic rings. The van der Waals surface area contributed by atoms with Crippen LogP contribution in [0, 0.1) is 0 Å². The van der Waals surface area contributed by atoms with Crippen molar-refractivity contribution in [3.63, 3.8) is 0 Å². The van der Waals surface area contributed by atoms with E-state index in [1.54, 1.807) is 17.8 Å². The number of hydrogen-bond acceptors (Lipinski definition) is 3. The van der Waals surface area contributed by atoms with Crippen LogP contribution in [0.1, 0.15) is 5.56 Å². The second-order valence-corrected chi connectivity index (χ2v) is 5.23. The third-order valence-corrected chi connectivity index (χ3v) is 3.67.